The summed E-state index contributed by atoms with van der Waals surface area (Å²) >= 11 is 0. The molecule has 0 atom stereocenters. The zero-order valence-corrected chi connectivity index (χ0v) is 5.34. The van der Waals surface area contributed by atoms with E-state index in [1.165, 1.54) is 0 Å². The maximum atomic E-state index is 10.1. The highest BCUT2D eigenvalue weighted by Crippen LogP contribution is 1.76. The number of nitrogens with one attached hydrogen (secondary N) is 1. The van der Waals surface area contributed by atoms with Crippen LogP contribution in [0.25, 0.3) is 0 Å². The van der Waals surface area contributed by atoms with Crippen LogP contribution in [0.3, 0.4) is 0 Å². The molecule has 1 N–H and O–H groups in total. The lowest BCUT2D eigenvalue weighted by Gasteiger charge is -1.79. The molecule has 0 saturated carbocycles. The topological polar surface area (TPSA) is 40.9 Å². The molecule has 0 aromatic heterocycles. The molecule has 0 spiro atoms. The summed E-state index contributed by atoms with van der Waals surface area (Å²) in [6.07, 6.45) is 0.746. The molecule has 0 aromatic rings. The SMILES string of the molecule is CCC(C)=S(=N)=O. The van der Waals surface area contributed by atoms with Gasteiger partial charge >= 0.3 is 0 Å². The van der Waals surface area contributed by atoms with E-state index in [0.717, 1.165) is 11.3 Å². The van der Waals surface area contributed by atoms with Crippen molar-refractivity contribution in [2.24, 2.45) is 0 Å². The first-order valence-electron chi connectivity index (χ1n) is 2.14. The molecule has 0 aliphatic carbocycles. The van der Waals surface area contributed by atoms with Gasteiger partial charge in [0.05, 0.1) is 10.2 Å². The van der Waals surface area contributed by atoms with E-state index < -0.39 is 10.2 Å². The van der Waals surface area contributed by atoms with E-state index in [-0.39, 0.29) is 0 Å². The fourth-order valence-corrected chi connectivity index (χ4v) is 0.393. The van der Waals surface area contributed by atoms with E-state index in [9.17, 15) is 4.21 Å². The minimum Gasteiger partial charge on any atom is -0.223 e. The maximum Gasteiger partial charge on any atom is 0.0924 e. The fourth-order valence-electron chi connectivity index (χ4n) is 0.131. The Kier molecular flexibility index (Phi) is 2.67. The smallest absolute Gasteiger partial charge is 0.0924 e. The molecule has 42 valence electrons. The van der Waals surface area contributed by atoms with Gasteiger partial charge in [0.25, 0.3) is 0 Å². The monoisotopic (exact) mass is 119 g/mol. The van der Waals surface area contributed by atoms with Crippen molar-refractivity contribution in [2.75, 3.05) is 0 Å². The first kappa shape index (κ1) is 6.69. The third-order valence-corrected chi connectivity index (χ3v) is 1.74. The predicted molar refractivity (Wildman–Crippen MR) is 31.8 cm³/mol. The predicted octanol–water partition coefficient (Wildman–Crippen LogP) is 1.10. The van der Waals surface area contributed by atoms with Crippen molar-refractivity contribution in [3.8, 4) is 0 Å². The molecule has 0 aliphatic heterocycles. The normalized spacial score (nSPS) is 8.29. The lowest BCUT2D eigenvalue weighted by atomic mass is 10.4. The van der Waals surface area contributed by atoms with E-state index in [2.05, 4.69) is 0 Å². The molecule has 0 heterocycles. The van der Waals surface area contributed by atoms with Crippen LogP contribution < -0.4 is 0 Å². The summed E-state index contributed by atoms with van der Waals surface area (Å²) in [6, 6.07) is 0. The fraction of sp³-hybridized carbons (Fsp3) is 0.750. The maximum absolute atomic E-state index is 10.1. The van der Waals surface area contributed by atoms with Gasteiger partial charge in [0, 0.05) is 4.86 Å². The minimum atomic E-state index is -1.44. The van der Waals surface area contributed by atoms with Gasteiger partial charge in [-0.2, -0.15) is 0 Å². The van der Waals surface area contributed by atoms with Crippen molar-refractivity contribution in [3.63, 3.8) is 0 Å². The highest BCUT2D eigenvalue weighted by atomic mass is 32.2. The van der Waals surface area contributed by atoms with Crippen molar-refractivity contribution in [2.45, 2.75) is 20.3 Å². The van der Waals surface area contributed by atoms with E-state index >= 15 is 0 Å². The summed E-state index contributed by atoms with van der Waals surface area (Å²) in [5, 5.41) is 0. The van der Waals surface area contributed by atoms with Crippen LogP contribution in [-0.4, -0.2) is 9.07 Å². The molecule has 0 saturated heterocycles. The van der Waals surface area contributed by atoms with Crippen LogP contribution in [0.5, 0.6) is 0 Å². The van der Waals surface area contributed by atoms with Gasteiger partial charge in [0.15, 0.2) is 0 Å². The van der Waals surface area contributed by atoms with Gasteiger partial charge in [0.2, 0.25) is 0 Å². The molecule has 3 heteroatoms. The van der Waals surface area contributed by atoms with Crippen molar-refractivity contribution in [1.82, 2.24) is 0 Å². The van der Waals surface area contributed by atoms with Crippen molar-refractivity contribution in [1.29, 1.82) is 4.78 Å². The molecule has 7 heavy (non-hydrogen) atoms. The Bertz CT molecular complexity index is 158. The Balaban J connectivity index is 4.33. The van der Waals surface area contributed by atoms with Gasteiger partial charge in [-0.3, -0.25) is 0 Å². The van der Waals surface area contributed by atoms with Crippen LogP contribution in [0.4, 0.5) is 0 Å². The van der Waals surface area contributed by atoms with Crippen LogP contribution in [-0.2, 0) is 10.2 Å². The van der Waals surface area contributed by atoms with E-state index in [1.807, 2.05) is 6.92 Å². The Morgan fingerprint density at radius 3 is 2.29 bits per heavy atom. The third-order valence-electron chi connectivity index (χ3n) is 0.814. The molecule has 2 nitrogen and oxygen atoms in total. The summed E-state index contributed by atoms with van der Waals surface area (Å²) < 4.78 is 16.7. The molecule has 0 bridgehead atoms. The lowest BCUT2D eigenvalue weighted by molar-refractivity contribution is 0.695. The van der Waals surface area contributed by atoms with Crippen LogP contribution >= 0.6 is 0 Å². The molecule has 0 aromatic carbocycles. The van der Waals surface area contributed by atoms with E-state index in [4.69, 9.17) is 4.78 Å². The third kappa shape index (κ3) is 2.39. The highest BCUT2D eigenvalue weighted by Gasteiger charge is 1.79. The number of hydrogen-bond donors (Lipinski definition) is 1. The van der Waals surface area contributed by atoms with Crippen molar-refractivity contribution in [3.05, 3.63) is 0 Å². The summed E-state index contributed by atoms with van der Waals surface area (Å²) in [6.45, 7) is 3.62. The average Bonchev–Trinajstić information content (AvgIpc) is 1.65. The van der Waals surface area contributed by atoms with Crippen molar-refractivity contribution < 1.29 is 4.21 Å². The van der Waals surface area contributed by atoms with E-state index in [1.54, 1.807) is 6.92 Å². The highest BCUT2D eigenvalue weighted by molar-refractivity contribution is 7.73. The standard InChI is InChI=1S/C4H9NOS/c1-3-4(2)7(5)6/h5H,3H2,1-2H3. The first-order valence-corrected chi connectivity index (χ1v) is 3.29. The second-order valence-electron chi connectivity index (χ2n) is 1.32. The van der Waals surface area contributed by atoms with Crippen LogP contribution in [0.2, 0.25) is 0 Å². The van der Waals surface area contributed by atoms with Gasteiger partial charge in [0.1, 0.15) is 0 Å². The molecular formula is C4H9NOS. The van der Waals surface area contributed by atoms with Crippen LogP contribution in [0, 0.1) is 4.78 Å². The van der Waals surface area contributed by atoms with Crippen LogP contribution in [0.1, 0.15) is 20.3 Å². The number of hydrogen-bond acceptors (Lipinski definition) is 2. The molecule has 0 aliphatic rings. The van der Waals surface area contributed by atoms with Gasteiger partial charge in [-0.05, 0) is 13.3 Å². The average molecular weight is 119 g/mol. The Morgan fingerprint density at radius 1 is 1.86 bits per heavy atom. The van der Waals surface area contributed by atoms with Gasteiger partial charge < -0.3 is 0 Å². The Morgan fingerprint density at radius 2 is 2.29 bits per heavy atom. The second kappa shape index (κ2) is 2.80. The molecule has 0 rings (SSSR count). The summed E-state index contributed by atoms with van der Waals surface area (Å²) in [5.74, 6) is 0. The lowest BCUT2D eigenvalue weighted by Crippen LogP contribution is -1.85. The summed E-state index contributed by atoms with van der Waals surface area (Å²) in [4.78, 5) is 0.736. The summed E-state index contributed by atoms with van der Waals surface area (Å²) in [7, 11) is -1.44. The summed E-state index contributed by atoms with van der Waals surface area (Å²) in [5.41, 5.74) is 0. The van der Waals surface area contributed by atoms with E-state index in [0.29, 0.717) is 0 Å². The van der Waals surface area contributed by atoms with Crippen LogP contribution in [0.15, 0.2) is 0 Å². The molecular weight excluding hydrogens is 110 g/mol. The largest absolute Gasteiger partial charge is 0.223 e. The quantitative estimate of drug-likeness (QED) is 0.516. The molecule has 0 fully saturated rings. The zero-order chi connectivity index (χ0) is 5.86. The van der Waals surface area contributed by atoms with Crippen molar-refractivity contribution >= 4 is 15.0 Å². The molecule has 0 unspecified atom stereocenters. The van der Waals surface area contributed by atoms with Gasteiger partial charge in [-0.15, -0.1) is 0 Å². The van der Waals surface area contributed by atoms with Gasteiger partial charge in [-0.1, -0.05) is 6.92 Å². The zero-order valence-electron chi connectivity index (χ0n) is 4.52. The molecule has 0 radical (unpaired) electrons. The minimum absolute atomic E-state index is 0.736. The van der Waals surface area contributed by atoms with Gasteiger partial charge in [-0.25, -0.2) is 8.99 Å². The second-order valence-corrected chi connectivity index (χ2v) is 2.56. The Hall–Kier alpha value is -0.310. The first-order chi connectivity index (χ1) is 3.18. The molecule has 0 amide bonds. The number of rotatable bonds is 1. The Labute approximate surface area is 45.1 Å².